The van der Waals surface area contributed by atoms with Crippen molar-refractivity contribution < 1.29 is 33.5 Å². The van der Waals surface area contributed by atoms with Crippen molar-refractivity contribution in [2.75, 3.05) is 40.3 Å². The van der Waals surface area contributed by atoms with E-state index in [2.05, 4.69) is 0 Å². The van der Waals surface area contributed by atoms with Gasteiger partial charge in [-0.2, -0.15) is 0 Å². The first kappa shape index (κ1) is 29.6. The molecule has 0 bridgehead atoms. The summed E-state index contributed by atoms with van der Waals surface area (Å²) in [5.41, 5.74) is 1.91. The molecule has 2 aliphatic heterocycles. The summed E-state index contributed by atoms with van der Waals surface area (Å²) in [6.07, 6.45) is 0.666. The fraction of sp³-hybridized carbons (Fsp3) is 0.448. The van der Waals surface area contributed by atoms with Gasteiger partial charge in [0.15, 0.2) is 0 Å². The van der Waals surface area contributed by atoms with Crippen LogP contribution in [0.1, 0.15) is 30.9 Å². The molecule has 2 heterocycles. The molecular weight excluding hydrogens is 502 g/mol. The molecule has 4 rings (SSSR count). The number of benzene rings is 2. The summed E-state index contributed by atoms with van der Waals surface area (Å²) in [5.74, 6) is -0.210. The molecule has 0 aliphatic carbocycles. The molecule has 0 radical (unpaired) electrons. The predicted octanol–water partition coefficient (Wildman–Crippen LogP) is 3.90. The van der Waals surface area contributed by atoms with E-state index in [1.54, 1.807) is 23.8 Å². The van der Waals surface area contributed by atoms with Crippen molar-refractivity contribution in [3.8, 4) is 0 Å². The maximum atomic E-state index is 12.0. The minimum atomic E-state index is -0.380. The molecule has 210 valence electrons. The third kappa shape index (κ3) is 9.10. The number of likely N-dealkylation sites (tertiary alicyclic amines) is 2. The lowest BCUT2D eigenvalue weighted by Gasteiger charge is -2.19. The maximum Gasteiger partial charge on any atom is 0.410 e. The first-order chi connectivity index (χ1) is 18.8. The van der Waals surface area contributed by atoms with Crippen LogP contribution in [0.3, 0.4) is 0 Å². The second-order valence-corrected chi connectivity index (χ2v) is 9.57. The molecule has 10 heteroatoms. The zero-order chi connectivity index (χ0) is 28.2. The van der Waals surface area contributed by atoms with Gasteiger partial charge in [-0.15, -0.1) is 0 Å². The largest absolute Gasteiger partial charge is 0.445 e. The van der Waals surface area contributed by atoms with E-state index in [-0.39, 0.29) is 48.9 Å². The number of Topliss-reactive ketones (excluding diaryl/α,β-unsaturated/α-hetero) is 1. The number of ketones is 1. The van der Waals surface area contributed by atoms with Gasteiger partial charge in [0, 0.05) is 39.1 Å². The van der Waals surface area contributed by atoms with Crippen LogP contribution in [-0.2, 0) is 37.1 Å². The van der Waals surface area contributed by atoms with Gasteiger partial charge in [0.2, 0.25) is 0 Å². The van der Waals surface area contributed by atoms with E-state index in [9.17, 15) is 19.2 Å². The van der Waals surface area contributed by atoms with Gasteiger partial charge in [0.05, 0.1) is 13.0 Å². The lowest BCUT2D eigenvalue weighted by atomic mass is 10.1. The zero-order valence-electron chi connectivity index (χ0n) is 22.8. The zero-order valence-corrected chi connectivity index (χ0v) is 22.8. The van der Waals surface area contributed by atoms with Gasteiger partial charge in [0.25, 0.3) is 5.91 Å². The molecular formula is C29H37N3O7. The van der Waals surface area contributed by atoms with E-state index in [0.29, 0.717) is 32.6 Å². The topological polar surface area (TPSA) is 106 Å². The predicted molar refractivity (Wildman–Crippen MR) is 143 cm³/mol. The molecule has 0 spiro atoms. The standard InChI is InChI=1S/C15H20N2O4.C14H17NO3/c1-16(20-2)14(18)13-8-9-17(10-13)15(19)21-11-12-6-4-3-5-7-12;1-11(16)13-7-8-15(9-13)14(17)18-10-12-5-3-2-4-6-12/h3-7,13H,8-11H2,1-2H3;2-6,13H,7-10H2,1H3. The Morgan fingerprint density at radius 3 is 1.62 bits per heavy atom. The van der Waals surface area contributed by atoms with E-state index in [1.165, 1.54) is 12.2 Å². The van der Waals surface area contributed by atoms with Crippen molar-refractivity contribution in [1.82, 2.24) is 14.9 Å². The molecule has 2 aromatic carbocycles. The van der Waals surface area contributed by atoms with E-state index in [0.717, 1.165) is 17.5 Å². The normalized spacial score (nSPS) is 18.1. The molecule has 2 unspecified atom stereocenters. The van der Waals surface area contributed by atoms with Crippen LogP contribution in [0, 0.1) is 11.8 Å². The molecule has 2 aromatic rings. The summed E-state index contributed by atoms with van der Waals surface area (Å²) >= 11 is 0. The Kier molecular flexibility index (Phi) is 11.3. The summed E-state index contributed by atoms with van der Waals surface area (Å²) in [7, 11) is 3.01. The van der Waals surface area contributed by atoms with Gasteiger partial charge in [-0.05, 0) is 30.9 Å². The number of ether oxygens (including phenoxy) is 2. The number of rotatable bonds is 7. The third-order valence-electron chi connectivity index (χ3n) is 6.81. The van der Waals surface area contributed by atoms with Crippen molar-refractivity contribution in [1.29, 1.82) is 0 Å². The highest BCUT2D eigenvalue weighted by molar-refractivity contribution is 5.80. The minimum absolute atomic E-state index is 0.0192. The number of hydrogen-bond donors (Lipinski definition) is 0. The van der Waals surface area contributed by atoms with E-state index in [4.69, 9.17) is 14.3 Å². The van der Waals surface area contributed by atoms with Crippen LogP contribution >= 0.6 is 0 Å². The fourth-order valence-electron chi connectivity index (χ4n) is 4.35. The lowest BCUT2D eigenvalue weighted by Crippen LogP contribution is -2.35. The molecule has 10 nitrogen and oxygen atoms in total. The molecule has 2 fully saturated rings. The molecule has 2 aliphatic rings. The highest BCUT2D eigenvalue weighted by Gasteiger charge is 2.33. The monoisotopic (exact) mass is 539 g/mol. The van der Waals surface area contributed by atoms with Crippen molar-refractivity contribution in [2.24, 2.45) is 11.8 Å². The van der Waals surface area contributed by atoms with Gasteiger partial charge in [-0.1, -0.05) is 60.7 Å². The molecule has 39 heavy (non-hydrogen) atoms. The Labute approximate surface area is 229 Å². The van der Waals surface area contributed by atoms with E-state index >= 15 is 0 Å². The van der Waals surface area contributed by atoms with Crippen LogP contribution in [0.25, 0.3) is 0 Å². The molecule has 0 aromatic heterocycles. The summed E-state index contributed by atoms with van der Waals surface area (Å²) < 4.78 is 10.5. The molecule has 0 N–H and O–H groups in total. The highest BCUT2D eigenvalue weighted by Crippen LogP contribution is 2.20. The van der Waals surface area contributed by atoms with Gasteiger partial charge in [0.1, 0.15) is 19.0 Å². The fourth-order valence-corrected chi connectivity index (χ4v) is 4.35. The van der Waals surface area contributed by atoms with Crippen LogP contribution < -0.4 is 0 Å². The van der Waals surface area contributed by atoms with E-state index < -0.39 is 0 Å². The Hall–Kier alpha value is -3.92. The van der Waals surface area contributed by atoms with Crippen molar-refractivity contribution in [2.45, 2.75) is 33.0 Å². The Bertz CT molecular complexity index is 1100. The second-order valence-electron chi connectivity index (χ2n) is 9.57. The number of amides is 3. The number of carbonyl (C=O) groups is 4. The molecule has 3 amide bonds. The Morgan fingerprint density at radius 1 is 0.769 bits per heavy atom. The second kappa shape index (κ2) is 14.9. The van der Waals surface area contributed by atoms with Gasteiger partial charge < -0.3 is 19.3 Å². The summed E-state index contributed by atoms with van der Waals surface area (Å²) in [6, 6.07) is 19.1. The van der Waals surface area contributed by atoms with Crippen molar-refractivity contribution in [3.63, 3.8) is 0 Å². The third-order valence-corrected chi connectivity index (χ3v) is 6.81. The molecule has 2 saturated heterocycles. The van der Waals surface area contributed by atoms with Crippen LogP contribution in [0.15, 0.2) is 60.7 Å². The number of hydroxylamine groups is 2. The summed E-state index contributed by atoms with van der Waals surface area (Å²) in [4.78, 5) is 55.0. The SMILES string of the molecule is CC(=O)C1CCN(C(=O)OCc2ccccc2)C1.CON(C)C(=O)C1CCN(C(=O)OCc2ccccc2)C1. The Balaban J connectivity index is 0.000000218. The van der Waals surface area contributed by atoms with Crippen molar-refractivity contribution >= 4 is 23.9 Å². The van der Waals surface area contributed by atoms with E-state index in [1.807, 2.05) is 60.7 Å². The van der Waals surface area contributed by atoms with Crippen LogP contribution in [-0.4, -0.2) is 79.1 Å². The first-order valence-electron chi connectivity index (χ1n) is 13.0. The summed E-state index contributed by atoms with van der Waals surface area (Å²) in [6.45, 7) is 4.10. The quantitative estimate of drug-likeness (QED) is 0.492. The Morgan fingerprint density at radius 2 is 1.21 bits per heavy atom. The average Bonchev–Trinajstić information content (AvgIpc) is 3.66. The lowest BCUT2D eigenvalue weighted by molar-refractivity contribution is -0.172. The van der Waals surface area contributed by atoms with Gasteiger partial charge in [-0.3, -0.25) is 14.4 Å². The van der Waals surface area contributed by atoms with Gasteiger partial charge in [-0.25, -0.2) is 14.7 Å². The first-order valence-corrected chi connectivity index (χ1v) is 13.0. The van der Waals surface area contributed by atoms with Crippen LogP contribution in [0.2, 0.25) is 0 Å². The summed E-state index contributed by atoms with van der Waals surface area (Å²) in [5, 5.41) is 1.20. The van der Waals surface area contributed by atoms with Gasteiger partial charge >= 0.3 is 12.2 Å². The average molecular weight is 540 g/mol. The number of carbonyl (C=O) groups excluding carboxylic acids is 4. The number of nitrogens with zero attached hydrogens (tertiary/aromatic N) is 3. The van der Waals surface area contributed by atoms with Crippen LogP contribution in [0.4, 0.5) is 9.59 Å². The van der Waals surface area contributed by atoms with Crippen molar-refractivity contribution in [3.05, 3.63) is 71.8 Å². The van der Waals surface area contributed by atoms with Crippen LogP contribution in [0.5, 0.6) is 0 Å². The molecule has 0 saturated carbocycles. The smallest absolute Gasteiger partial charge is 0.410 e. The minimum Gasteiger partial charge on any atom is -0.445 e. The number of hydrogen-bond acceptors (Lipinski definition) is 7. The maximum absolute atomic E-state index is 12.0. The molecule has 2 atom stereocenters. The highest BCUT2D eigenvalue weighted by atomic mass is 16.7.